The van der Waals surface area contributed by atoms with Crippen LogP contribution in [0.1, 0.15) is 12.8 Å². The van der Waals surface area contributed by atoms with Crippen LogP contribution < -0.4 is 15.4 Å². The Morgan fingerprint density at radius 2 is 1.83 bits per heavy atom. The first-order valence-electron chi connectivity index (χ1n) is 8.92. The molecule has 0 atom stereocenters. The first kappa shape index (κ1) is 17.3. The number of nitrogens with zero attached hydrogens (tertiary/aromatic N) is 3. The van der Waals surface area contributed by atoms with Gasteiger partial charge in [0.1, 0.15) is 12.4 Å². The minimum Gasteiger partial charge on any atom is -0.495 e. The summed E-state index contributed by atoms with van der Waals surface area (Å²) in [5.74, 6) is 0.746. The molecule has 0 aliphatic carbocycles. The Hall–Kier alpha value is -1.53. The largest absolute Gasteiger partial charge is 0.495 e. The van der Waals surface area contributed by atoms with E-state index in [4.69, 9.17) is 10.5 Å². The summed E-state index contributed by atoms with van der Waals surface area (Å²) in [5.41, 5.74) is 7.76. The molecule has 0 amide bonds. The molecule has 134 valence electrons. The minimum absolute atomic E-state index is 0.228. The Morgan fingerprint density at radius 1 is 1.12 bits per heavy atom. The second-order valence-electron chi connectivity index (χ2n) is 6.71. The molecule has 1 aromatic carbocycles. The van der Waals surface area contributed by atoms with Crippen LogP contribution in [0.25, 0.3) is 0 Å². The Bertz CT molecular complexity index is 526. The Morgan fingerprint density at radius 3 is 2.46 bits per heavy atom. The first-order valence-corrected chi connectivity index (χ1v) is 8.92. The fraction of sp³-hybridized carbons (Fsp3) is 0.667. The number of nitrogens with two attached hydrogens (primary N) is 1. The molecular formula is C18H29FN4O. The first-order chi connectivity index (χ1) is 11.7. The van der Waals surface area contributed by atoms with Crippen molar-refractivity contribution in [1.82, 2.24) is 9.80 Å². The molecule has 0 bridgehead atoms. The summed E-state index contributed by atoms with van der Waals surface area (Å²) in [5, 5.41) is 0. The highest BCUT2D eigenvalue weighted by Crippen LogP contribution is 2.28. The smallest absolute Gasteiger partial charge is 0.143 e. The lowest BCUT2D eigenvalue weighted by Crippen LogP contribution is -2.53. The predicted octanol–water partition coefficient (Wildman–Crippen LogP) is 1.83. The van der Waals surface area contributed by atoms with Gasteiger partial charge in [0.15, 0.2) is 0 Å². The maximum absolute atomic E-state index is 12.4. The van der Waals surface area contributed by atoms with E-state index in [0.29, 0.717) is 18.3 Å². The molecule has 2 fully saturated rings. The maximum atomic E-state index is 12.4. The average Bonchev–Trinajstić information content (AvgIpc) is 2.63. The lowest BCUT2D eigenvalue weighted by atomic mass is 10.0. The van der Waals surface area contributed by atoms with Crippen molar-refractivity contribution in [3.8, 4) is 5.75 Å². The molecule has 0 saturated carbocycles. The van der Waals surface area contributed by atoms with Gasteiger partial charge >= 0.3 is 0 Å². The summed E-state index contributed by atoms with van der Waals surface area (Å²) in [4.78, 5) is 7.25. The fourth-order valence-corrected chi connectivity index (χ4v) is 3.87. The Kier molecular flexibility index (Phi) is 5.79. The van der Waals surface area contributed by atoms with E-state index in [1.54, 1.807) is 7.11 Å². The van der Waals surface area contributed by atoms with Crippen LogP contribution in [0.4, 0.5) is 15.8 Å². The summed E-state index contributed by atoms with van der Waals surface area (Å²) in [7, 11) is 1.66. The van der Waals surface area contributed by atoms with Crippen molar-refractivity contribution in [3.63, 3.8) is 0 Å². The number of hydrogen-bond acceptors (Lipinski definition) is 5. The zero-order valence-corrected chi connectivity index (χ0v) is 14.6. The molecular weight excluding hydrogens is 307 g/mol. The molecule has 2 heterocycles. The molecule has 3 rings (SSSR count). The molecule has 0 unspecified atom stereocenters. The number of methoxy groups -OCH3 is 1. The van der Waals surface area contributed by atoms with E-state index < -0.39 is 0 Å². The van der Waals surface area contributed by atoms with Crippen molar-refractivity contribution < 1.29 is 9.13 Å². The van der Waals surface area contributed by atoms with E-state index in [9.17, 15) is 4.39 Å². The molecule has 0 radical (unpaired) electrons. The van der Waals surface area contributed by atoms with Crippen molar-refractivity contribution in [2.24, 2.45) is 0 Å². The molecule has 2 saturated heterocycles. The van der Waals surface area contributed by atoms with Gasteiger partial charge in [-0.2, -0.15) is 0 Å². The summed E-state index contributed by atoms with van der Waals surface area (Å²) in [6.45, 7) is 6.65. The van der Waals surface area contributed by atoms with Gasteiger partial charge in [-0.25, -0.2) is 4.39 Å². The van der Waals surface area contributed by atoms with E-state index in [1.165, 1.54) is 5.69 Å². The normalized spacial score (nSPS) is 21.2. The quantitative estimate of drug-likeness (QED) is 0.831. The lowest BCUT2D eigenvalue weighted by molar-refractivity contribution is 0.0998. The molecule has 5 nitrogen and oxygen atoms in total. The third kappa shape index (κ3) is 3.92. The number of hydrogen-bond donors (Lipinski definition) is 1. The van der Waals surface area contributed by atoms with E-state index in [1.807, 2.05) is 12.1 Å². The van der Waals surface area contributed by atoms with Gasteiger partial charge < -0.3 is 20.3 Å². The SMILES string of the molecule is COc1cc(N2CCN(C3CCN(CCF)CC3)CC2)ccc1N. The van der Waals surface area contributed by atoms with Crippen LogP contribution in [-0.4, -0.2) is 75.4 Å². The molecule has 2 N–H and O–H groups in total. The van der Waals surface area contributed by atoms with Crippen LogP contribution in [0.2, 0.25) is 0 Å². The zero-order chi connectivity index (χ0) is 16.9. The highest BCUT2D eigenvalue weighted by molar-refractivity contribution is 5.62. The molecule has 2 aliphatic rings. The fourth-order valence-electron chi connectivity index (χ4n) is 3.87. The van der Waals surface area contributed by atoms with Crippen LogP contribution in [0.3, 0.4) is 0 Å². The van der Waals surface area contributed by atoms with Crippen LogP contribution in [0.15, 0.2) is 18.2 Å². The van der Waals surface area contributed by atoms with E-state index in [-0.39, 0.29) is 6.67 Å². The number of halogens is 1. The molecule has 24 heavy (non-hydrogen) atoms. The van der Waals surface area contributed by atoms with Gasteiger partial charge in [0.2, 0.25) is 0 Å². The van der Waals surface area contributed by atoms with Gasteiger partial charge in [-0.15, -0.1) is 0 Å². The van der Waals surface area contributed by atoms with Gasteiger partial charge in [0.05, 0.1) is 12.8 Å². The molecule has 0 aromatic heterocycles. The summed E-state index contributed by atoms with van der Waals surface area (Å²) in [6.07, 6.45) is 2.32. The second-order valence-corrected chi connectivity index (χ2v) is 6.71. The summed E-state index contributed by atoms with van der Waals surface area (Å²) < 4.78 is 17.8. The van der Waals surface area contributed by atoms with Gasteiger partial charge in [0.25, 0.3) is 0 Å². The minimum atomic E-state index is -0.228. The molecule has 1 aromatic rings. The number of likely N-dealkylation sites (tertiary alicyclic amines) is 1. The van der Waals surface area contributed by atoms with Crippen LogP contribution in [0, 0.1) is 0 Å². The van der Waals surface area contributed by atoms with Gasteiger partial charge in [-0.05, 0) is 38.1 Å². The van der Waals surface area contributed by atoms with Crippen LogP contribution in [-0.2, 0) is 0 Å². The average molecular weight is 336 g/mol. The molecule has 6 heteroatoms. The van der Waals surface area contributed by atoms with Crippen molar-refractivity contribution in [2.45, 2.75) is 18.9 Å². The molecule has 2 aliphatic heterocycles. The summed E-state index contributed by atoms with van der Waals surface area (Å²) >= 11 is 0. The monoisotopic (exact) mass is 336 g/mol. The summed E-state index contributed by atoms with van der Waals surface area (Å²) in [6, 6.07) is 6.67. The Balaban J connectivity index is 1.51. The zero-order valence-electron chi connectivity index (χ0n) is 14.6. The number of benzene rings is 1. The molecule has 0 spiro atoms. The van der Waals surface area contributed by atoms with Crippen molar-refractivity contribution in [3.05, 3.63) is 18.2 Å². The number of alkyl halides is 1. The number of nitrogen functional groups attached to an aromatic ring is 1. The Labute approximate surface area is 144 Å². The number of rotatable bonds is 5. The number of anilines is 2. The number of piperazine rings is 1. The van der Waals surface area contributed by atoms with E-state index >= 15 is 0 Å². The predicted molar refractivity (Wildman–Crippen MR) is 96.6 cm³/mol. The van der Waals surface area contributed by atoms with Crippen molar-refractivity contribution in [1.29, 1.82) is 0 Å². The number of ether oxygens (including phenoxy) is 1. The van der Waals surface area contributed by atoms with Crippen molar-refractivity contribution in [2.75, 3.05) is 70.2 Å². The van der Waals surface area contributed by atoms with Crippen molar-refractivity contribution >= 4 is 11.4 Å². The van der Waals surface area contributed by atoms with E-state index in [0.717, 1.165) is 57.9 Å². The maximum Gasteiger partial charge on any atom is 0.143 e. The number of piperidine rings is 1. The highest BCUT2D eigenvalue weighted by atomic mass is 19.1. The van der Waals surface area contributed by atoms with E-state index in [2.05, 4.69) is 20.8 Å². The second kappa shape index (κ2) is 8.03. The third-order valence-electron chi connectivity index (χ3n) is 5.37. The highest BCUT2D eigenvalue weighted by Gasteiger charge is 2.27. The lowest BCUT2D eigenvalue weighted by Gasteiger charge is -2.43. The third-order valence-corrected chi connectivity index (χ3v) is 5.37. The van der Waals surface area contributed by atoms with Crippen LogP contribution in [0.5, 0.6) is 5.75 Å². The van der Waals surface area contributed by atoms with Crippen LogP contribution >= 0.6 is 0 Å². The van der Waals surface area contributed by atoms with Gasteiger partial charge in [-0.3, -0.25) is 4.90 Å². The van der Waals surface area contributed by atoms with Gasteiger partial charge in [0, 0.05) is 50.5 Å². The topological polar surface area (TPSA) is 45.0 Å². The van der Waals surface area contributed by atoms with Gasteiger partial charge in [-0.1, -0.05) is 0 Å². The standard InChI is InChI=1S/C18H29FN4O/c1-24-18-14-16(2-3-17(18)20)23-12-10-22(11-13-23)15-4-7-21(8-5-15)9-6-19/h2-3,14-15H,4-13,20H2,1H3.